The number of carbonyl (C=O) groups is 2. The molecular weight excluding hydrogens is 208 g/mol. The largest absolute Gasteiger partial charge is 0.448 e. The Morgan fingerprint density at radius 1 is 1.31 bits per heavy atom. The van der Waals surface area contributed by atoms with Gasteiger partial charge < -0.3 is 10.5 Å². The molecule has 1 aliphatic heterocycles. The molecule has 1 aromatic rings. The Hall–Kier alpha value is -2.30. The first-order valence-corrected chi connectivity index (χ1v) is 4.68. The topological polar surface area (TPSA) is 72.6 Å². The van der Waals surface area contributed by atoms with Crippen molar-refractivity contribution >= 4 is 17.5 Å². The zero-order chi connectivity index (χ0) is 11.7. The van der Waals surface area contributed by atoms with Gasteiger partial charge in [0.15, 0.2) is 5.75 Å². The molecular formula is C11H10N2O3. The van der Waals surface area contributed by atoms with Gasteiger partial charge in [-0.05, 0) is 12.1 Å². The van der Waals surface area contributed by atoms with Crippen LogP contribution < -0.4 is 15.4 Å². The highest BCUT2D eigenvalue weighted by molar-refractivity contribution is 6.00. The predicted molar refractivity (Wildman–Crippen MR) is 57.5 cm³/mol. The maximum atomic E-state index is 11.4. The van der Waals surface area contributed by atoms with E-state index in [4.69, 9.17) is 10.5 Å². The molecule has 0 saturated heterocycles. The average molecular weight is 218 g/mol. The average Bonchev–Trinajstić information content (AvgIpc) is 2.27. The molecule has 0 fully saturated rings. The summed E-state index contributed by atoms with van der Waals surface area (Å²) in [6, 6.07) is 6.93. The van der Waals surface area contributed by atoms with Crippen LogP contribution in [0.2, 0.25) is 0 Å². The molecule has 82 valence electrons. The third kappa shape index (κ3) is 1.63. The van der Waals surface area contributed by atoms with Gasteiger partial charge in [-0.1, -0.05) is 12.1 Å². The van der Waals surface area contributed by atoms with Gasteiger partial charge in [-0.25, -0.2) is 0 Å². The molecule has 2 rings (SSSR count). The normalized spacial score (nSPS) is 13.6. The molecule has 16 heavy (non-hydrogen) atoms. The summed E-state index contributed by atoms with van der Waals surface area (Å²) in [6.07, 6.45) is 1.30. The van der Waals surface area contributed by atoms with Crippen molar-refractivity contribution in [3.8, 4) is 5.75 Å². The molecule has 1 heterocycles. The minimum Gasteiger partial charge on any atom is -0.448 e. The van der Waals surface area contributed by atoms with Gasteiger partial charge >= 0.3 is 0 Å². The van der Waals surface area contributed by atoms with Crippen LogP contribution in [0.25, 0.3) is 0 Å². The SMILES string of the molecule is CC(=O)N1C=C(C(N)=O)Oc2ccccc21. The van der Waals surface area contributed by atoms with Crippen molar-refractivity contribution in [1.29, 1.82) is 0 Å². The number of rotatable bonds is 1. The minimum absolute atomic E-state index is 0.0473. The smallest absolute Gasteiger partial charge is 0.286 e. The number of para-hydroxylation sites is 2. The fourth-order valence-electron chi connectivity index (χ4n) is 1.45. The predicted octanol–water partition coefficient (Wildman–Crippen LogP) is 0.759. The van der Waals surface area contributed by atoms with Gasteiger partial charge in [0.1, 0.15) is 0 Å². The minimum atomic E-state index is -0.708. The molecule has 1 aliphatic rings. The van der Waals surface area contributed by atoms with Crippen LogP contribution in [0, 0.1) is 0 Å². The summed E-state index contributed by atoms with van der Waals surface area (Å²) in [5.41, 5.74) is 5.71. The van der Waals surface area contributed by atoms with E-state index in [2.05, 4.69) is 0 Å². The molecule has 2 N–H and O–H groups in total. The number of fused-ring (bicyclic) bond motifs is 1. The number of nitrogens with two attached hydrogens (primary N) is 1. The van der Waals surface area contributed by atoms with Gasteiger partial charge in [0.2, 0.25) is 11.7 Å². The highest BCUT2D eigenvalue weighted by Crippen LogP contribution is 2.33. The van der Waals surface area contributed by atoms with Gasteiger partial charge in [0, 0.05) is 6.92 Å². The van der Waals surface area contributed by atoms with Crippen molar-refractivity contribution in [2.75, 3.05) is 4.90 Å². The van der Waals surface area contributed by atoms with Crippen LogP contribution in [-0.2, 0) is 9.59 Å². The van der Waals surface area contributed by atoms with E-state index in [9.17, 15) is 9.59 Å². The third-order valence-electron chi connectivity index (χ3n) is 2.17. The fourth-order valence-corrected chi connectivity index (χ4v) is 1.45. The molecule has 0 atom stereocenters. The first-order valence-electron chi connectivity index (χ1n) is 4.68. The molecule has 1 aromatic carbocycles. The van der Waals surface area contributed by atoms with Crippen molar-refractivity contribution in [2.45, 2.75) is 6.92 Å². The lowest BCUT2D eigenvalue weighted by atomic mass is 10.2. The molecule has 0 aromatic heterocycles. The Morgan fingerprint density at radius 3 is 2.62 bits per heavy atom. The highest BCUT2D eigenvalue weighted by atomic mass is 16.5. The lowest BCUT2D eigenvalue weighted by molar-refractivity contribution is -0.116. The van der Waals surface area contributed by atoms with E-state index in [1.165, 1.54) is 18.0 Å². The molecule has 0 radical (unpaired) electrons. The molecule has 0 bridgehead atoms. The zero-order valence-corrected chi connectivity index (χ0v) is 8.64. The van der Waals surface area contributed by atoms with Gasteiger partial charge in [0.05, 0.1) is 11.9 Å². The third-order valence-corrected chi connectivity index (χ3v) is 2.17. The van der Waals surface area contributed by atoms with Crippen LogP contribution in [-0.4, -0.2) is 11.8 Å². The fraction of sp³-hybridized carbons (Fsp3) is 0.0909. The van der Waals surface area contributed by atoms with Crippen molar-refractivity contribution in [3.63, 3.8) is 0 Å². The summed E-state index contributed by atoms with van der Waals surface area (Å²) >= 11 is 0. The van der Waals surface area contributed by atoms with Crippen molar-refractivity contribution in [2.24, 2.45) is 5.73 Å². The molecule has 0 aliphatic carbocycles. The molecule has 5 nitrogen and oxygen atoms in total. The maximum Gasteiger partial charge on any atom is 0.286 e. The lowest BCUT2D eigenvalue weighted by Crippen LogP contribution is -2.31. The second kappa shape index (κ2) is 3.69. The number of nitrogens with zero attached hydrogens (tertiary/aromatic N) is 1. The Kier molecular flexibility index (Phi) is 2.36. The van der Waals surface area contributed by atoms with Gasteiger partial charge in [-0.2, -0.15) is 0 Å². The molecule has 0 saturated carbocycles. The van der Waals surface area contributed by atoms with Gasteiger partial charge in [-0.15, -0.1) is 0 Å². The zero-order valence-electron chi connectivity index (χ0n) is 8.64. The van der Waals surface area contributed by atoms with Crippen molar-refractivity contribution in [1.82, 2.24) is 0 Å². The molecule has 5 heteroatoms. The van der Waals surface area contributed by atoms with E-state index in [1.807, 2.05) is 0 Å². The Morgan fingerprint density at radius 2 is 2.00 bits per heavy atom. The summed E-state index contributed by atoms with van der Waals surface area (Å²) in [7, 11) is 0. The highest BCUT2D eigenvalue weighted by Gasteiger charge is 2.23. The summed E-state index contributed by atoms with van der Waals surface area (Å²) in [5.74, 6) is -0.529. The second-order valence-electron chi connectivity index (χ2n) is 3.32. The van der Waals surface area contributed by atoms with Crippen molar-refractivity contribution < 1.29 is 14.3 Å². The lowest BCUT2D eigenvalue weighted by Gasteiger charge is -2.25. The van der Waals surface area contributed by atoms with Gasteiger partial charge in [0.25, 0.3) is 5.91 Å². The van der Waals surface area contributed by atoms with Crippen molar-refractivity contribution in [3.05, 3.63) is 36.2 Å². The number of amides is 2. The molecule has 2 amide bonds. The summed E-state index contributed by atoms with van der Waals surface area (Å²) in [6.45, 7) is 1.40. The molecule has 0 unspecified atom stereocenters. The number of ether oxygens (including phenoxy) is 1. The second-order valence-corrected chi connectivity index (χ2v) is 3.32. The van der Waals surface area contributed by atoms with Crippen LogP contribution in [0.1, 0.15) is 6.92 Å². The molecule has 0 spiro atoms. The number of anilines is 1. The Labute approximate surface area is 92.1 Å². The van der Waals surface area contributed by atoms with Crippen LogP contribution in [0.4, 0.5) is 5.69 Å². The van der Waals surface area contributed by atoms with E-state index in [0.717, 1.165) is 0 Å². The Balaban J connectivity index is 2.51. The summed E-state index contributed by atoms with van der Waals surface area (Å²) in [5, 5.41) is 0. The van der Waals surface area contributed by atoms with E-state index >= 15 is 0 Å². The number of carbonyl (C=O) groups excluding carboxylic acids is 2. The standard InChI is InChI=1S/C11H10N2O3/c1-7(14)13-6-10(11(12)15)16-9-5-3-2-4-8(9)13/h2-6H,1H3,(H2,12,15). The number of hydrogen-bond acceptors (Lipinski definition) is 3. The first-order chi connectivity index (χ1) is 7.59. The Bertz CT molecular complexity index is 494. The van der Waals surface area contributed by atoms with Crippen LogP contribution in [0.3, 0.4) is 0 Å². The summed E-state index contributed by atoms with van der Waals surface area (Å²) in [4.78, 5) is 23.8. The monoisotopic (exact) mass is 218 g/mol. The van der Waals surface area contributed by atoms with Gasteiger partial charge in [-0.3, -0.25) is 14.5 Å². The van der Waals surface area contributed by atoms with E-state index < -0.39 is 5.91 Å². The van der Waals surface area contributed by atoms with Crippen LogP contribution in [0.5, 0.6) is 5.75 Å². The number of primary amides is 1. The summed E-state index contributed by atoms with van der Waals surface area (Å²) < 4.78 is 5.27. The van der Waals surface area contributed by atoms with E-state index in [0.29, 0.717) is 11.4 Å². The van der Waals surface area contributed by atoms with Crippen LogP contribution in [0.15, 0.2) is 36.2 Å². The number of benzene rings is 1. The van der Waals surface area contributed by atoms with Crippen LogP contribution >= 0.6 is 0 Å². The number of hydrogen-bond donors (Lipinski definition) is 1. The quantitative estimate of drug-likeness (QED) is 0.756. The van der Waals surface area contributed by atoms with E-state index in [-0.39, 0.29) is 11.7 Å². The maximum absolute atomic E-state index is 11.4. The van der Waals surface area contributed by atoms with E-state index in [1.54, 1.807) is 24.3 Å². The first kappa shape index (κ1) is 10.2.